The molecule has 1 N–H and O–H groups in total. The predicted molar refractivity (Wildman–Crippen MR) is 141 cm³/mol. The van der Waals surface area contributed by atoms with Crippen LogP contribution in [0, 0.1) is 0 Å². The van der Waals surface area contributed by atoms with E-state index in [0.29, 0.717) is 22.1 Å². The smallest absolute Gasteiger partial charge is 0.345 e. The summed E-state index contributed by atoms with van der Waals surface area (Å²) in [6.07, 6.45) is 1.46. The van der Waals surface area contributed by atoms with Crippen molar-refractivity contribution >= 4 is 68.0 Å². The lowest BCUT2D eigenvalue weighted by atomic mass is 10.1. The fourth-order valence-corrected chi connectivity index (χ4v) is 4.21. The molecule has 0 aliphatic heterocycles. The van der Waals surface area contributed by atoms with Gasteiger partial charge in [0.15, 0.2) is 6.61 Å². The van der Waals surface area contributed by atoms with Gasteiger partial charge in [-0.25, -0.2) is 10.2 Å². The molecule has 1 amide bonds. The SMILES string of the molecule is O=C(COc1ccc2ccccc2c1Br)NN=Cc1ccc(OC(=O)c2ccc(Cl)cc2Cl)cc1. The maximum atomic E-state index is 12.3. The summed E-state index contributed by atoms with van der Waals surface area (Å²) in [5.41, 5.74) is 3.31. The van der Waals surface area contributed by atoms with Crippen molar-refractivity contribution in [1.82, 2.24) is 5.43 Å². The van der Waals surface area contributed by atoms with E-state index in [9.17, 15) is 9.59 Å². The summed E-state index contributed by atoms with van der Waals surface area (Å²) < 4.78 is 11.7. The van der Waals surface area contributed by atoms with E-state index in [1.807, 2.05) is 30.3 Å². The Morgan fingerprint density at radius 1 is 0.971 bits per heavy atom. The van der Waals surface area contributed by atoms with Crippen LogP contribution < -0.4 is 14.9 Å². The van der Waals surface area contributed by atoms with E-state index in [0.717, 1.165) is 15.2 Å². The number of rotatable bonds is 7. The first-order valence-corrected chi connectivity index (χ1v) is 11.8. The fourth-order valence-electron chi connectivity index (χ4n) is 3.12. The average Bonchev–Trinajstić information content (AvgIpc) is 2.85. The van der Waals surface area contributed by atoms with E-state index in [1.165, 1.54) is 18.3 Å². The first kappa shape index (κ1) is 24.7. The standard InChI is InChI=1S/C26H17BrCl2N2O4/c27-25-20-4-2-1-3-17(20)7-12-23(25)34-15-24(32)31-30-14-16-5-9-19(10-6-16)35-26(33)21-11-8-18(28)13-22(21)29/h1-14H,15H2,(H,31,32). The summed E-state index contributed by atoms with van der Waals surface area (Å²) in [6, 6.07) is 22.7. The number of carbonyl (C=O) groups excluding carboxylic acids is 2. The van der Waals surface area contributed by atoms with E-state index in [2.05, 4.69) is 26.5 Å². The zero-order chi connectivity index (χ0) is 24.8. The number of carbonyl (C=O) groups is 2. The van der Waals surface area contributed by atoms with Crippen molar-refractivity contribution in [3.8, 4) is 11.5 Å². The van der Waals surface area contributed by atoms with Gasteiger partial charge in [-0.1, -0.05) is 53.5 Å². The van der Waals surface area contributed by atoms with Crippen LogP contribution in [0.25, 0.3) is 10.8 Å². The van der Waals surface area contributed by atoms with Gasteiger partial charge >= 0.3 is 5.97 Å². The molecule has 0 aliphatic carbocycles. The Labute approximate surface area is 219 Å². The molecule has 4 aromatic carbocycles. The second-order valence-electron chi connectivity index (χ2n) is 7.26. The van der Waals surface area contributed by atoms with Crippen LogP contribution in [-0.2, 0) is 4.79 Å². The van der Waals surface area contributed by atoms with Crippen LogP contribution in [0.1, 0.15) is 15.9 Å². The third kappa shape index (κ3) is 6.39. The van der Waals surface area contributed by atoms with Crippen LogP contribution in [0.2, 0.25) is 10.0 Å². The van der Waals surface area contributed by atoms with Crippen LogP contribution in [0.4, 0.5) is 0 Å². The number of esters is 1. The van der Waals surface area contributed by atoms with Crippen molar-refractivity contribution in [2.24, 2.45) is 5.10 Å². The first-order chi connectivity index (χ1) is 16.9. The van der Waals surface area contributed by atoms with E-state index in [1.54, 1.807) is 36.4 Å². The Balaban J connectivity index is 1.28. The Kier molecular flexibility index (Phi) is 8.02. The summed E-state index contributed by atoms with van der Waals surface area (Å²) in [4.78, 5) is 24.4. The molecule has 0 fully saturated rings. The predicted octanol–water partition coefficient (Wildman–Crippen LogP) is 6.66. The zero-order valence-electron chi connectivity index (χ0n) is 18.0. The summed E-state index contributed by atoms with van der Waals surface area (Å²) in [5.74, 6) is -0.116. The number of hydrogen-bond donors (Lipinski definition) is 1. The molecule has 176 valence electrons. The number of amides is 1. The summed E-state index contributed by atoms with van der Waals surface area (Å²) >= 11 is 15.4. The molecule has 0 heterocycles. The minimum absolute atomic E-state index is 0.198. The van der Waals surface area contributed by atoms with Gasteiger partial charge in [-0.3, -0.25) is 4.79 Å². The zero-order valence-corrected chi connectivity index (χ0v) is 21.1. The van der Waals surface area contributed by atoms with Gasteiger partial charge in [0.2, 0.25) is 0 Å². The van der Waals surface area contributed by atoms with Gasteiger partial charge in [0.1, 0.15) is 11.5 Å². The first-order valence-electron chi connectivity index (χ1n) is 10.3. The van der Waals surface area contributed by atoms with Crippen molar-refractivity contribution in [3.05, 3.63) is 105 Å². The molecule has 6 nitrogen and oxygen atoms in total. The number of benzene rings is 4. The van der Waals surface area contributed by atoms with Crippen molar-refractivity contribution in [2.45, 2.75) is 0 Å². The second-order valence-corrected chi connectivity index (χ2v) is 8.90. The molecule has 0 spiro atoms. The number of hydrazone groups is 1. The quantitative estimate of drug-likeness (QED) is 0.116. The van der Waals surface area contributed by atoms with Crippen LogP contribution in [0.15, 0.2) is 88.4 Å². The van der Waals surface area contributed by atoms with E-state index in [4.69, 9.17) is 32.7 Å². The number of nitrogens with one attached hydrogen (secondary N) is 1. The Hall–Kier alpha value is -3.39. The van der Waals surface area contributed by atoms with Gasteiger partial charge in [0.05, 0.1) is 21.3 Å². The molecule has 4 rings (SSSR count). The minimum atomic E-state index is -0.599. The van der Waals surface area contributed by atoms with Gasteiger partial charge in [0, 0.05) is 5.02 Å². The molecule has 4 aromatic rings. The van der Waals surface area contributed by atoms with Crippen molar-refractivity contribution in [1.29, 1.82) is 0 Å². The van der Waals surface area contributed by atoms with Crippen LogP contribution in [0.5, 0.6) is 11.5 Å². The number of fused-ring (bicyclic) bond motifs is 1. The highest BCUT2D eigenvalue weighted by Crippen LogP contribution is 2.33. The number of halogens is 3. The largest absolute Gasteiger partial charge is 0.483 e. The summed E-state index contributed by atoms with van der Waals surface area (Å²) in [7, 11) is 0. The lowest BCUT2D eigenvalue weighted by molar-refractivity contribution is -0.123. The molecule has 0 saturated heterocycles. The Morgan fingerprint density at radius 2 is 1.74 bits per heavy atom. The third-order valence-electron chi connectivity index (χ3n) is 4.83. The second kappa shape index (κ2) is 11.4. The Bertz CT molecular complexity index is 1430. The lowest BCUT2D eigenvalue weighted by Crippen LogP contribution is -2.24. The third-order valence-corrected chi connectivity index (χ3v) is 6.20. The molecule has 0 radical (unpaired) electrons. The van der Waals surface area contributed by atoms with Gasteiger partial charge in [-0.2, -0.15) is 5.10 Å². The Morgan fingerprint density at radius 3 is 2.51 bits per heavy atom. The van der Waals surface area contributed by atoms with Crippen LogP contribution >= 0.6 is 39.1 Å². The highest BCUT2D eigenvalue weighted by atomic mass is 79.9. The maximum Gasteiger partial charge on any atom is 0.345 e. The van der Waals surface area contributed by atoms with Gasteiger partial charge in [0.25, 0.3) is 5.91 Å². The number of hydrogen-bond acceptors (Lipinski definition) is 5. The fraction of sp³-hybridized carbons (Fsp3) is 0.0385. The lowest BCUT2D eigenvalue weighted by Gasteiger charge is -2.09. The van der Waals surface area contributed by atoms with E-state index >= 15 is 0 Å². The molecule has 9 heteroatoms. The monoisotopic (exact) mass is 570 g/mol. The molecule has 0 aromatic heterocycles. The van der Waals surface area contributed by atoms with Crippen molar-refractivity contribution in [2.75, 3.05) is 6.61 Å². The molecule has 0 aliphatic rings. The summed E-state index contributed by atoms with van der Waals surface area (Å²) in [5, 5.41) is 6.62. The average molecular weight is 572 g/mol. The van der Waals surface area contributed by atoms with E-state index in [-0.39, 0.29) is 17.2 Å². The topological polar surface area (TPSA) is 77.0 Å². The van der Waals surface area contributed by atoms with Gasteiger partial charge < -0.3 is 9.47 Å². The van der Waals surface area contributed by atoms with E-state index < -0.39 is 11.9 Å². The maximum absolute atomic E-state index is 12.3. The number of nitrogens with zero attached hydrogens (tertiary/aromatic N) is 1. The molecule has 35 heavy (non-hydrogen) atoms. The van der Waals surface area contributed by atoms with Crippen molar-refractivity contribution < 1.29 is 19.1 Å². The number of ether oxygens (including phenoxy) is 2. The highest BCUT2D eigenvalue weighted by Gasteiger charge is 2.13. The van der Waals surface area contributed by atoms with Crippen molar-refractivity contribution in [3.63, 3.8) is 0 Å². The van der Waals surface area contributed by atoms with Gasteiger partial charge in [-0.05, 0) is 80.8 Å². The molecule has 0 bridgehead atoms. The molecule has 0 saturated carbocycles. The molecule has 0 unspecified atom stereocenters. The normalized spacial score (nSPS) is 10.9. The van der Waals surface area contributed by atoms with Gasteiger partial charge in [-0.15, -0.1) is 0 Å². The molecular weight excluding hydrogens is 555 g/mol. The van der Waals surface area contributed by atoms with Crippen LogP contribution in [0.3, 0.4) is 0 Å². The highest BCUT2D eigenvalue weighted by molar-refractivity contribution is 9.10. The molecular formula is C26H17BrCl2N2O4. The minimum Gasteiger partial charge on any atom is -0.483 e. The summed E-state index contributed by atoms with van der Waals surface area (Å²) in [6.45, 7) is -0.198. The molecule has 0 atom stereocenters. The van der Waals surface area contributed by atoms with Crippen LogP contribution in [-0.4, -0.2) is 24.7 Å².